The number of hydrogen-bond donors (Lipinski definition) is 2. The zero-order valence-electron chi connectivity index (χ0n) is 9.34. The molecule has 0 bridgehead atoms. The summed E-state index contributed by atoms with van der Waals surface area (Å²) in [6.07, 6.45) is 2.86. The predicted molar refractivity (Wildman–Crippen MR) is 65.2 cm³/mol. The summed E-state index contributed by atoms with van der Waals surface area (Å²) in [5.74, 6) is 0.0851. The van der Waals surface area contributed by atoms with Crippen LogP contribution < -0.4 is 5.32 Å². The van der Waals surface area contributed by atoms with Gasteiger partial charge in [-0.05, 0) is 24.3 Å². The molecule has 0 aliphatic carbocycles. The fourth-order valence-electron chi connectivity index (χ4n) is 1.44. The Balaban J connectivity index is 2.08. The van der Waals surface area contributed by atoms with Crippen LogP contribution in [0, 0.1) is 0 Å². The maximum absolute atomic E-state index is 11.9. The van der Waals surface area contributed by atoms with Gasteiger partial charge in [0, 0.05) is 6.20 Å². The van der Waals surface area contributed by atoms with Crippen molar-refractivity contribution in [2.75, 3.05) is 6.61 Å². The molecule has 0 aromatic carbocycles. The van der Waals surface area contributed by atoms with E-state index >= 15 is 0 Å². The second kappa shape index (κ2) is 5.66. The van der Waals surface area contributed by atoms with E-state index in [1.165, 1.54) is 18.5 Å². The largest absolute Gasteiger partial charge is 0.467 e. The van der Waals surface area contributed by atoms with Gasteiger partial charge < -0.3 is 14.8 Å². The van der Waals surface area contributed by atoms with Gasteiger partial charge in [0.15, 0.2) is 0 Å². The number of furan rings is 1. The van der Waals surface area contributed by atoms with Crippen LogP contribution in [0.5, 0.6) is 0 Å². The Labute approximate surface area is 108 Å². The average Bonchev–Trinajstić information content (AvgIpc) is 2.90. The van der Waals surface area contributed by atoms with Gasteiger partial charge in [-0.15, -0.1) is 0 Å². The molecule has 2 heterocycles. The van der Waals surface area contributed by atoms with Crippen LogP contribution in [-0.2, 0) is 0 Å². The van der Waals surface area contributed by atoms with E-state index in [0.29, 0.717) is 10.8 Å². The number of amides is 1. The van der Waals surface area contributed by atoms with Gasteiger partial charge in [-0.3, -0.25) is 4.79 Å². The van der Waals surface area contributed by atoms with Gasteiger partial charge in [0.1, 0.15) is 17.5 Å². The molecule has 2 rings (SSSR count). The zero-order valence-corrected chi connectivity index (χ0v) is 10.1. The molecule has 0 aliphatic heterocycles. The lowest BCUT2D eigenvalue weighted by Crippen LogP contribution is -2.31. The molecule has 0 radical (unpaired) electrons. The molecule has 0 spiro atoms. The molecular weight excluding hydrogens is 256 g/mol. The number of pyridine rings is 1. The first-order valence-electron chi connectivity index (χ1n) is 5.27. The second-order valence-electron chi connectivity index (χ2n) is 3.59. The fraction of sp³-hybridized carbons (Fsp3) is 0.167. The Morgan fingerprint density at radius 3 is 2.89 bits per heavy atom. The first-order valence-corrected chi connectivity index (χ1v) is 5.65. The molecule has 1 amide bonds. The molecule has 0 fully saturated rings. The van der Waals surface area contributed by atoms with E-state index in [-0.39, 0.29) is 12.3 Å². The van der Waals surface area contributed by atoms with Gasteiger partial charge in [0.2, 0.25) is 0 Å². The van der Waals surface area contributed by atoms with Gasteiger partial charge >= 0.3 is 0 Å². The topological polar surface area (TPSA) is 75.4 Å². The van der Waals surface area contributed by atoms with Crippen LogP contribution in [-0.4, -0.2) is 22.6 Å². The highest BCUT2D eigenvalue weighted by molar-refractivity contribution is 6.30. The van der Waals surface area contributed by atoms with E-state index in [1.54, 1.807) is 18.2 Å². The summed E-state index contributed by atoms with van der Waals surface area (Å²) < 4.78 is 5.13. The van der Waals surface area contributed by atoms with Crippen molar-refractivity contribution in [1.29, 1.82) is 0 Å². The molecular formula is C12H11ClN2O3. The van der Waals surface area contributed by atoms with Crippen molar-refractivity contribution in [1.82, 2.24) is 10.3 Å². The van der Waals surface area contributed by atoms with E-state index in [0.717, 1.165) is 0 Å². The fourth-order valence-corrected chi connectivity index (χ4v) is 1.55. The number of aliphatic hydroxyl groups excluding tert-OH is 1. The van der Waals surface area contributed by atoms with Crippen molar-refractivity contribution in [2.24, 2.45) is 0 Å². The quantitative estimate of drug-likeness (QED) is 0.885. The Morgan fingerprint density at radius 1 is 1.50 bits per heavy atom. The van der Waals surface area contributed by atoms with Crippen molar-refractivity contribution in [3.05, 3.63) is 53.2 Å². The maximum atomic E-state index is 11.9. The first-order chi connectivity index (χ1) is 8.70. The van der Waals surface area contributed by atoms with Crippen LogP contribution >= 0.6 is 11.6 Å². The highest BCUT2D eigenvalue weighted by Gasteiger charge is 2.17. The third-order valence-corrected chi connectivity index (χ3v) is 2.56. The first kappa shape index (κ1) is 12.6. The van der Waals surface area contributed by atoms with Crippen LogP contribution in [0.2, 0.25) is 5.02 Å². The van der Waals surface area contributed by atoms with Gasteiger partial charge in [-0.25, -0.2) is 4.98 Å². The minimum Gasteiger partial charge on any atom is -0.467 e. The van der Waals surface area contributed by atoms with Crippen molar-refractivity contribution in [2.45, 2.75) is 6.04 Å². The Hall–Kier alpha value is -1.85. The lowest BCUT2D eigenvalue weighted by molar-refractivity contribution is 0.0902. The minimum atomic E-state index is -0.593. The maximum Gasteiger partial charge on any atom is 0.270 e. The van der Waals surface area contributed by atoms with Crippen LogP contribution in [0.1, 0.15) is 22.3 Å². The molecule has 2 N–H and O–H groups in total. The summed E-state index contributed by atoms with van der Waals surface area (Å²) in [5.41, 5.74) is 0.226. The molecule has 0 aliphatic rings. The summed E-state index contributed by atoms with van der Waals surface area (Å²) in [5, 5.41) is 12.3. The van der Waals surface area contributed by atoms with Gasteiger partial charge in [-0.1, -0.05) is 11.6 Å². The number of nitrogens with zero attached hydrogens (tertiary/aromatic N) is 1. The molecule has 94 valence electrons. The Bertz CT molecular complexity index is 511. The number of aromatic nitrogens is 1. The van der Waals surface area contributed by atoms with Crippen molar-refractivity contribution in [3.63, 3.8) is 0 Å². The molecule has 6 heteroatoms. The third kappa shape index (κ3) is 2.88. The van der Waals surface area contributed by atoms with Crippen LogP contribution in [0.15, 0.2) is 41.1 Å². The van der Waals surface area contributed by atoms with Crippen molar-refractivity contribution < 1.29 is 14.3 Å². The van der Waals surface area contributed by atoms with Crippen LogP contribution in [0.4, 0.5) is 0 Å². The standard InChI is InChI=1S/C12H11ClN2O3/c13-8-3-4-9(14-6-8)12(17)15-10(7-16)11-2-1-5-18-11/h1-6,10,16H,7H2,(H,15,17). The number of rotatable bonds is 4. The highest BCUT2D eigenvalue weighted by Crippen LogP contribution is 2.13. The Morgan fingerprint density at radius 2 is 2.33 bits per heavy atom. The Kier molecular flexibility index (Phi) is 3.96. The molecule has 5 nitrogen and oxygen atoms in total. The van der Waals surface area contributed by atoms with E-state index < -0.39 is 11.9 Å². The second-order valence-corrected chi connectivity index (χ2v) is 4.02. The van der Waals surface area contributed by atoms with E-state index in [4.69, 9.17) is 16.0 Å². The van der Waals surface area contributed by atoms with Crippen molar-refractivity contribution >= 4 is 17.5 Å². The number of halogens is 1. The number of hydrogen-bond acceptors (Lipinski definition) is 4. The number of nitrogens with one attached hydrogen (secondary N) is 1. The zero-order chi connectivity index (χ0) is 13.0. The normalized spacial score (nSPS) is 12.1. The van der Waals surface area contributed by atoms with E-state index in [2.05, 4.69) is 10.3 Å². The van der Waals surface area contributed by atoms with Crippen molar-refractivity contribution in [3.8, 4) is 0 Å². The number of aliphatic hydroxyl groups is 1. The SMILES string of the molecule is O=C(NC(CO)c1ccco1)c1ccc(Cl)cn1. The van der Waals surface area contributed by atoms with Crippen LogP contribution in [0.25, 0.3) is 0 Å². The van der Waals surface area contributed by atoms with Crippen LogP contribution in [0.3, 0.4) is 0 Å². The molecule has 1 unspecified atom stereocenters. The van der Waals surface area contributed by atoms with Gasteiger partial charge in [-0.2, -0.15) is 0 Å². The molecule has 2 aromatic rings. The third-order valence-electron chi connectivity index (χ3n) is 2.33. The summed E-state index contributed by atoms with van der Waals surface area (Å²) >= 11 is 5.68. The number of carbonyl (C=O) groups is 1. The molecule has 18 heavy (non-hydrogen) atoms. The summed E-state index contributed by atoms with van der Waals surface area (Å²) in [6.45, 7) is -0.257. The molecule has 1 atom stereocenters. The summed E-state index contributed by atoms with van der Waals surface area (Å²) in [6, 6.07) is 5.85. The van der Waals surface area contributed by atoms with Gasteiger partial charge in [0.25, 0.3) is 5.91 Å². The summed E-state index contributed by atoms with van der Waals surface area (Å²) in [7, 11) is 0. The molecule has 0 saturated carbocycles. The molecule has 0 saturated heterocycles. The predicted octanol–water partition coefficient (Wildman–Crippen LogP) is 1.79. The highest BCUT2D eigenvalue weighted by atomic mass is 35.5. The van der Waals surface area contributed by atoms with E-state index in [1.807, 2.05) is 0 Å². The molecule has 2 aromatic heterocycles. The van der Waals surface area contributed by atoms with E-state index in [9.17, 15) is 9.90 Å². The minimum absolute atomic E-state index is 0.226. The average molecular weight is 267 g/mol. The number of carbonyl (C=O) groups excluding carboxylic acids is 1. The summed E-state index contributed by atoms with van der Waals surface area (Å²) in [4.78, 5) is 15.7. The smallest absolute Gasteiger partial charge is 0.270 e. The monoisotopic (exact) mass is 266 g/mol. The lowest BCUT2D eigenvalue weighted by Gasteiger charge is -2.13. The lowest BCUT2D eigenvalue weighted by atomic mass is 10.2. The van der Waals surface area contributed by atoms with Gasteiger partial charge in [0.05, 0.1) is 17.9 Å².